The second-order valence-electron chi connectivity index (χ2n) is 7.01. The van der Waals surface area contributed by atoms with Crippen molar-refractivity contribution in [1.82, 2.24) is 15.4 Å². The van der Waals surface area contributed by atoms with E-state index in [4.69, 9.17) is 9.26 Å². The van der Waals surface area contributed by atoms with Gasteiger partial charge >= 0.3 is 0 Å². The first-order valence-corrected chi connectivity index (χ1v) is 8.91. The van der Waals surface area contributed by atoms with E-state index >= 15 is 0 Å². The van der Waals surface area contributed by atoms with Crippen molar-refractivity contribution in [3.05, 3.63) is 29.6 Å². The van der Waals surface area contributed by atoms with Gasteiger partial charge in [0.2, 0.25) is 0 Å². The molecule has 1 aromatic heterocycles. The molecule has 2 heterocycles. The third-order valence-corrected chi connectivity index (χ3v) is 4.79. The summed E-state index contributed by atoms with van der Waals surface area (Å²) < 4.78 is 24.3. The summed E-state index contributed by atoms with van der Waals surface area (Å²) in [5.74, 6) is 0.0804. The van der Waals surface area contributed by atoms with Crippen LogP contribution in [0.15, 0.2) is 22.7 Å². The minimum absolute atomic E-state index is 0.0805. The van der Waals surface area contributed by atoms with Crippen molar-refractivity contribution in [2.24, 2.45) is 0 Å². The number of halogens is 1. The van der Waals surface area contributed by atoms with E-state index in [1.807, 2.05) is 0 Å². The first-order chi connectivity index (χ1) is 12.9. The average Bonchev–Trinajstić information content (AvgIpc) is 3.09. The van der Waals surface area contributed by atoms with E-state index in [0.29, 0.717) is 22.7 Å². The van der Waals surface area contributed by atoms with Crippen molar-refractivity contribution >= 4 is 11.7 Å². The smallest absolute Gasteiger partial charge is 0.259 e. The van der Waals surface area contributed by atoms with Crippen LogP contribution in [-0.2, 0) is 0 Å². The van der Waals surface area contributed by atoms with Gasteiger partial charge in [-0.2, -0.15) is 0 Å². The van der Waals surface area contributed by atoms with Crippen LogP contribution in [0.2, 0.25) is 0 Å². The first kappa shape index (κ1) is 19.2. The molecule has 2 aromatic rings. The van der Waals surface area contributed by atoms with Gasteiger partial charge in [0.15, 0.2) is 23.1 Å². The van der Waals surface area contributed by atoms with Gasteiger partial charge in [-0.1, -0.05) is 5.16 Å². The van der Waals surface area contributed by atoms with Gasteiger partial charge < -0.3 is 24.4 Å². The van der Waals surface area contributed by atoms with E-state index in [0.717, 1.165) is 25.9 Å². The van der Waals surface area contributed by atoms with Gasteiger partial charge in [-0.3, -0.25) is 4.79 Å². The van der Waals surface area contributed by atoms with E-state index < -0.39 is 5.82 Å². The number of methoxy groups -OCH3 is 1. The van der Waals surface area contributed by atoms with Crippen molar-refractivity contribution in [2.45, 2.75) is 18.9 Å². The molecule has 0 radical (unpaired) electrons. The summed E-state index contributed by atoms with van der Waals surface area (Å²) >= 11 is 0. The van der Waals surface area contributed by atoms with Crippen LogP contribution in [0, 0.1) is 5.82 Å². The summed E-state index contributed by atoms with van der Waals surface area (Å²) in [7, 11) is 7.04. The van der Waals surface area contributed by atoms with Crippen LogP contribution in [-0.4, -0.2) is 63.3 Å². The largest absolute Gasteiger partial charge is 0.494 e. The zero-order chi connectivity index (χ0) is 19.6. The summed E-state index contributed by atoms with van der Waals surface area (Å²) in [4.78, 5) is 17.0. The molecule has 1 fully saturated rings. The fraction of sp³-hybridized carbons (Fsp3) is 0.474. The Bertz CT molecular complexity index is 813. The van der Waals surface area contributed by atoms with Crippen LogP contribution >= 0.6 is 0 Å². The van der Waals surface area contributed by atoms with Crippen molar-refractivity contribution in [3.63, 3.8) is 0 Å². The normalized spacial score (nSPS) is 15.6. The number of likely N-dealkylation sites (tertiary alicyclic amines) is 1. The van der Waals surface area contributed by atoms with Crippen LogP contribution in [0.25, 0.3) is 11.3 Å². The highest BCUT2D eigenvalue weighted by Crippen LogP contribution is 2.33. The minimum Gasteiger partial charge on any atom is -0.494 e. The van der Waals surface area contributed by atoms with Crippen molar-refractivity contribution < 1.29 is 18.4 Å². The molecule has 0 spiro atoms. The molecule has 1 N–H and O–H groups in total. The summed E-state index contributed by atoms with van der Waals surface area (Å²) in [6.45, 7) is 1.88. The molecule has 0 unspecified atom stereocenters. The highest BCUT2D eigenvalue weighted by molar-refractivity contribution is 6.04. The Balaban J connectivity index is 1.93. The Morgan fingerprint density at radius 3 is 2.70 bits per heavy atom. The second-order valence-corrected chi connectivity index (χ2v) is 7.01. The molecule has 1 amide bonds. The number of carbonyl (C=O) groups is 1. The number of rotatable bonds is 5. The fourth-order valence-electron chi connectivity index (χ4n) is 3.20. The number of anilines is 1. The number of carbonyl (C=O) groups excluding carboxylic acids is 1. The molecule has 27 heavy (non-hydrogen) atoms. The van der Waals surface area contributed by atoms with Crippen molar-refractivity contribution in [3.8, 4) is 17.1 Å². The SMILES string of the molecule is COc1cc(-c2onc(N(C)C)c2C(=O)NC2CCN(C)CC2)ccc1F. The quantitative estimate of drug-likeness (QED) is 0.864. The van der Waals surface area contributed by atoms with Gasteiger partial charge in [0, 0.05) is 25.7 Å². The van der Waals surface area contributed by atoms with Gasteiger partial charge in [0.05, 0.1) is 7.11 Å². The van der Waals surface area contributed by atoms with E-state index in [1.165, 1.54) is 19.2 Å². The van der Waals surface area contributed by atoms with E-state index in [1.54, 1.807) is 25.1 Å². The maximum absolute atomic E-state index is 13.8. The molecule has 3 rings (SSSR count). The molecule has 8 heteroatoms. The molecule has 1 aliphatic heterocycles. The van der Waals surface area contributed by atoms with Crippen molar-refractivity contribution in [1.29, 1.82) is 0 Å². The fourth-order valence-corrected chi connectivity index (χ4v) is 3.20. The van der Waals surface area contributed by atoms with Crippen LogP contribution in [0.1, 0.15) is 23.2 Å². The molecule has 0 atom stereocenters. The number of ether oxygens (including phenoxy) is 1. The monoisotopic (exact) mass is 376 g/mol. The Hall–Kier alpha value is -2.61. The van der Waals surface area contributed by atoms with E-state index in [2.05, 4.69) is 22.4 Å². The van der Waals surface area contributed by atoms with Crippen LogP contribution in [0.4, 0.5) is 10.2 Å². The van der Waals surface area contributed by atoms with Crippen molar-refractivity contribution in [2.75, 3.05) is 46.2 Å². The molecule has 0 aliphatic carbocycles. The van der Waals surface area contributed by atoms with Gasteiger partial charge in [0.1, 0.15) is 5.56 Å². The number of nitrogens with zero attached hydrogens (tertiary/aromatic N) is 3. The predicted octanol–water partition coefficient (Wildman–Crippen LogP) is 2.38. The van der Waals surface area contributed by atoms with Crippen LogP contribution < -0.4 is 15.0 Å². The number of piperidine rings is 1. The number of amides is 1. The third-order valence-electron chi connectivity index (χ3n) is 4.79. The number of hydrogen-bond acceptors (Lipinski definition) is 6. The molecular formula is C19H25FN4O3. The zero-order valence-electron chi connectivity index (χ0n) is 16.1. The minimum atomic E-state index is -0.481. The van der Waals surface area contributed by atoms with Gasteiger partial charge in [-0.25, -0.2) is 4.39 Å². The lowest BCUT2D eigenvalue weighted by molar-refractivity contribution is 0.0917. The maximum atomic E-state index is 13.8. The van der Waals surface area contributed by atoms with Gasteiger partial charge in [-0.05, 0) is 51.2 Å². The summed E-state index contributed by atoms with van der Waals surface area (Å²) in [6.07, 6.45) is 1.79. The second kappa shape index (κ2) is 7.96. The standard InChI is InChI=1S/C19H25FN4O3/c1-23(2)18-16(19(25)21-13-7-9-24(3)10-8-13)17(27-22-18)12-5-6-14(20)15(11-12)26-4/h5-6,11,13H,7-10H2,1-4H3,(H,21,25). The summed E-state index contributed by atoms with van der Waals surface area (Å²) in [5, 5.41) is 7.13. The Morgan fingerprint density at radius 2 is 2.07 bits per heavy atom. The number of hydrogen-bond donors (Lipinski definition) is 1. The molecule has 7 nitrogen and oxygen atoms in total. The molecule has 1 saturated heterocycles. The van der Waals surface area contributed by atoms with Gasteiger partial charge in [-0.15, -0.1) is 0 Å². The molecule has 0 saturated carbocycles. The lowest BCUT2D eigenvalue weighted by Crippen LogP contribution is -2.43. The van der Waals surface area contributed by atoms with E-state index in [-0.39, 0.29) is 17.7 Å². The number of aromatic nitrogens is 1. The van der Waals surface area contributed by atoms with Crippen LogP contribution in [0.3, 0.4) is 0 Å². The maximum Gasteiger partial charge on any atom is 0.259 e. The molecule has 1 aromatic carbocycles. The first-order valence-electron chi connectivity index (χ1n) is 8.91. The van der Waals surface area contributed by atoms with E-state index in [9.17, 15) is 9.18 Å². The molecular weight excluding hydrogens is 351 g/mol. The summed E-state index contributed by atoms with van der Waals surface area (Å²) in [6, 6.07) is 4.44. The highest BCUT2D eigenvalue weighted by Gasteiger charge is 2.28. The van der Waals surface area contributed by atoms with Gasteiger partial charge in [0.25, 0.3) is 5.91 Å². The molecule has 1 aliphatic rings. The summed E-state index contributed by atoms with van der Waals surface area (Å²) in [5.41, 5.74) is 0.870. The lowest BCUT2D eigenvalue weighted by Gasteiger charge is -2.29. The Kier molecular flexibility index (Phi) is 5.65. The number of benzene rings is 1. The third kappa shape index (κ3) is 4.05. The average molecular weight is 376 g/mol. The molecule has 0 bridgehead atoms. The Morgan fingerprint density at radius 1 is 1.37 bits per heavy atom. The Labute approximate surface area is 158 Å². The highest BCUT2D eigenvalue weighted by atomic mass is 19.1. The predicted molar refractivity (Wildman–Crippen MR) is 101 cm³/mol. The molecule has 146 valence electrons. The van der Waals surface area contributed by atoms with Crippen LogP contribution in [0.5, 0.6) is 5.75 Å². The zero-order valence-corrected chi connectivity index (χ0v) is 16.1. The lowest BCUT2D eigenvalue weighted by atomic mass is 10.0. The number of nitrogens with one attached hydrogen (secondary N) is 1. The topological polar surface area (TPSA) is 70.8 Å².